The Balaban J connectivity index is 0.00000204. The maximum absolute atomic E-state index is 13.2. The van der Waals surface area contributed by atoms with E-state index in [0.717, 1.165) is 56.9 Å². The highest BCUT2D eigenvalue weighted by atomic mass is 35.5. The van der Waals surface area contributed by atoms with Crippen LogP contribution in [-0.2, 0) is 6.54 Å². The fourth-order valence-electron chi connectivity index (χ4n) is 4.57. The number of rotatable bonds is 7. The van der Waals surface area contributed by atoms with Crippen molar-refractivity contribution in [3.8, 4) is 5.75 Å². The van der Waals surface area contributed by atoms with Gasteiger partial charge in [0.05, 0.1) is 0 Å². The number of piperazine rings is 1. The summed E-state index contributed by atoms with van der Waals surface area (Å²) >= 11 is 0. The molecule has 1 unspecified atom stereocenters. The highest BCUT2D eigenvalue weighted by molar-refractivity contribution is 5.95. The number of ether oxygens (including phenoxy) is 1. The minimum atomic E-state index is -0.153. The fourth-order valence-corrected chi connectivity index (χ4v) is 4.57. The Morgan fingerprint density at radius 2 is 1.82 bits per heavy atom. The largest absolute Gasteiger partial charge is 0.492 e. The van der Waals surface area contributed by atoms with Gasteiger partial charge < -0.3 is 19.5 Å². The highest BCUT2D eigenvalue weighted by Crippen LogP contribution is 2.14. The number of para-hydroxylation sites is 1. The monoisotopic (exact) mass is 510 g/mol. The third kappa shape index (κ3) is 7.22. The smallest absolute Gasteiger partial charge is 0.263 e. The number of halogens is 2. The van der Waals surface area contributed by atoms with Gasteiger partial charge in [0.1, 0.15) is 17.9 Å². The van der Waals surface area contributed by atoms with Crippen molar-refractivity contribution >= 4 is 30.7 Å². The maximum atomic E-state index is 13.2. The van der Waals surface area contributed by atoms with Crippen LogP contribution >= 0.6 is 24.8 Å². The number of carbonyl (C=O) groups excluding carboxylic acids is 1. The molecule has 188 valence electrons. The average Bonchev–Trinajstić information content (AvgIpc) is 2.83. The zero-order valence-corrected chi connectivity index (χ0v) is 21.4. The van der Waals surface area contributed by atoms with Crippen LogP contribution in [0.5, 0.6) is 5.75 Å². The van der Waals surface area contributed by atoms with Gasteiger partial charge in [0.15, 0.2) is 0 Å². The minimum Gasteiger partial charge on any atom is -0.492 e. The van der Waals surface area contributed by atoms with Gasteiger partial charge in [-0.2, -0.15) is 0 Å². The van der Waals surface area contributed by atoms with Crippen molar-refractivity contribution < 1.29 is 9.53 Å². The summed E-state index contributed by atoms with van der Waals surface area (Å²) in [5, 5.41) is 3.40. The summed E-state index contributed by atoms with van der Waals surface area (Å²) in [4.78, 5) is 30.5. The molecule has 0 aliphatic carbocycles. The molecule has 1 atom stereocenters. The molecule has 34 heavy (non-hydrogen) atoms. The summed E-state index contributed by atoms with van der Waals surface area (Å²) < 4.78 is 7.52. The van der Waals surface area contributed by atoms with E-state index < -0.39 is 0 Å². The Bertz CT molecular complexity index is 956. The Morgan fingerprint density at radius 3 is 2.50 bits per heavy atom. The van der Waals surface area contributed by atoms with Crippen LogP contribution in [0.3, 0.4) is 0 Å². The van der Waals surface area contributed by atoms with Crippen LogP contribution in [0.1, 0.15) is 28.8 Å². The Kier molecular flexibility index (Phi) is 11.4. The number of nitrogens with zero attached hydrogens (tertiary/aromatic N) is 3. The average molecular weight is 511 g/mol. The van der Waals surface area contributed by atoms with E-state index in [4.69, 9.17) is 4.74 Å². The number of piperidine rings is 1. The molecule has 2 saturated heterocycles. The van der Waals surface area contributed by atoms with Gasteiger partial charge in [-0.15, -0.1) is 24.8 Å². The molecule has 1 N–H and O–H groups in total. The highest BCUT2D eigenvalue weighted by Gasteiger charge is 2.26. The summed E-state index contributed by atoms with van der Waals surface area (Å²) in [5.41, 5.74) is 0.938. The first-order chi connectivity index (χ1) is 15.6. The zero-order chi connectivity index (χ0) is 22.3. The summed E-state index contributed by atoms with van der Waals surface area (Å²) in [6, 6.07) is 11.7. The molecule has 2 aliphatic rings. The van der Waals surface area contributed by atoms with Gasteiger partial charge in [-0.1, -0.05) is 18.2 Å². The van der Waals surface area contributed by atoms with Crippen LogP contribution in [-0.4, -0.2) is 72.7 Å². The van der Waals surface area contributed by atoms with E-state index in [2.05, 4.69) is 10.2 Å². The lowest BCUT2D eigenvalue weighted by Crippen LogP contribution is -2.50. The second-order valence-corrected chi connectivity index (χ2v) is 8.84. The fraction of sp³-hybridized carbons (Fsp3) is 0.520. The molecule has 7 nitrogen and oxygen atoms in total. The molecule has 1 aromatic heterocycles. The molecule has 2 aliphatic heterocycles. The number of nitrogens with one attached hydrogen (secondary N) is 1. The second kappa shape index (κ2) is 13.7. The van der Waals surface area contributed by atoms with Crippen LogP contribution < -0.4 is 15.6 Å². The number of aromatic nitrogens is 1. The molecule has 1 aromatic carbocycles. The van der Waals surface area contributed by atoms with Crippen LogP contribution in [0.15, 0.2) is 47.4 Å². The molecule has 2 fully saturated rings. The lowest BCUT2D eigenvalue weighted by Gasteiger charge is -2.34. The topological polar surface area (TPSA) is 66.8 Å². The molecule has 4 rings (SSSR count). The SMILES string of the molecule is Cc1ccn(CC2CCCNC2)c(=O)c1C(=O)N1CCN(CCOc2ccccc2)CC1.Cl.Cl. The Hall–Kier alpha value is -2.06. The number of benzene rings is 1. The number of aryl methyl sites for hydroxylation is 1. The number of hydrogen-bond acceptors (Lipinski definition) is 5. The zero-order valence-electron chi connectivity index (χ0n) is 19.8. The van der Waals surface area contributed by atoms with Crippen molar-refractivity contribution in [3.05, 3.63) is 64.1 Å². The predicted molar refractivity (Wildman–Crippen MR) is 140 cm³/mol. The van der Waals surface area contributed by atoms with Crippen LogP contribution in [0.4, 0.5) is 0 Å². The third-order valence-electron chi connectivity index (χ3n) is 6.52. The molecule has 0 radical (unpaired) electrons. The first kappa shape index (κ1) is 28.2. The predicted octanol–water partition coefficient (Wildman–Crippen LogP) is 2.84. The molecule has 0 saturated carbocycles. The van der Waals surface area contributed by atoms with E-state index in [0.29, 0.717) is 37.7 Å². The molecular formula is C25H36Cl2N4O3. The van der Waals surface area contributed by atoms with Gasteiger partial charge in [0.2, 0.25) is 0 Å². The van der Waals surface area contributed by atoms with Crippen molar-refractivity contribution in [2.45, 2.75) is 26.3 Å². The number of amides is 1. The molecule has 0 bridgehead atoms. The number of pyridine rings is 1. The molecular weight excluding hydrogens is 475 g/mol. The van der Waals surface area contributed by atoms with E-state index in [-0.39, 0.29) is 36.3 Å². The summed E-state index contributed by atoms with van der Waals surface area (Å²) in [6.45, 7) is 8.79. The van der Waals surface area contributed by atoms with E-state index in [9.17, 15) is 9.59 Å². The number of hydrogen-bond donors (Lipinski definition) is 1. The van der Waals surface area contributed by atoms with Crippen LogP contribution in [0.2, 0.25) is 0 Å². The first-order valence-corrected chi connectivity index (χ1v) is 11.7. The standard InChI is InChI=1S/C25H34N4O3.2ClH/c1-20-9-11-29(19-21-6-5-10-26-18-21)25(31)23(20)24(30)28-14-12-27(13-15-28)16-17-32-22-7-3-2-4-8-22;;/h2-4,7-9,11,21,26H,5-6,10,12-19H2,1H3;2*1H. The molecule has 1 amide bonds. The van der Waals surface area contributed by atoms with Crippen molar-refractivity contribution in [1.29, 1.82) is 0 Å². The summed E-state index contributed by atoms with van der Waals surface area (Å²) in [5.74, 6) is 1.18. The maximum Gasteiger partial charge on any atom is 0.263 e. The summed E-state index contributed by atoms with van der Waals surface area (Å²) in [6.07, 6.45) is 4.10. The van der Waals surface area contributed by atoms with Crippen molar-refractivity contribution in [2.24, 2.45) is 5.92 Å². The summed E-state index contributed by atoms with van der Waals surface area (Å²) in [7, 11) is 0. The first-order valence-electron chi connectivity index (χ1n) is 11.7. The van der Waals surface area contributed by atoms with Gasteiger partial charge in [-0.05, 0) is 62.5 Å². The lowest BCUT2D eigenvalue weighted by molar-refractivity contribution is 0.0617. The lowest BCUT2D eigenvalue weighted by atomic mass is 9.99. The Morgan fingerprint density at radius 1 is 1.09 bits per heavy atom. The van der Waals surface area contributed by atoms with Gasteiger partial charge in [-0.25, -0.2) is 0 Å². The van der Waals surface area contributed by atoms with Crippen molar-refractivity contribution in [2.75, 3.05) is 52.4 Å². The van der Waals surface area contributed by atoms with E-state index in [1.54, 1.807) is 4.57 Å². The van der Waals surface area contributed by atoms with Gasteiger partial charge in [-0.3, -0.25) is 14.5 Å². The van der Waals surface area contributed by atoms with Gasteiger partial charge in [0.25, 0.3) is 11.5 Å². The minimum absolute atomic E-state index is 0. The molecule has 0 spiro atoms. The van der Waals surface area contributed by atoms with Gasteiger partial charge in [0, 0.05) is 45.5 Å². The van der Waals surface area contributed by atoms with Crippen LogP contribution in [0.25, 0.3) is 0 Å². The van der Waals surface area contributed by atoms with Crippen molar-refractivity contribution in [1.82, 2.24) is 19.7 Å². The normalized spacial score (nSPS) is 18.5. The van der Waals surface area contributed by atoms with Crippen molar-refractivity contribution in [3.63, 3.8) is 0 Å². The van der Waals surface area contributed by atoms with E-state index >= 15 is 0 Å². The van der Waals surface area contributed by atoms with Gasteiger partial charge >= 0.3 is 0 Å². The van der Waals surface area contributed by atoms with Crippen LogP contribution in [0, 0.1) is 12.8 Å². The third-order valence-corrected chi connectivity index (χ3v) is 6.52. The molecule has 3 heterocycles. The Labute approximate surface area is 214 Å². The number of carbonyl (C=O) groups is 1. The van der Waals surface area contributed by atoms with E-state index in [1.807, 2.05) is 54.4 Å². The molecule has 9 heteroatoms. The second-order valence-electron chi connectivity index (χ2n) is 8.84. The van der Waals surface area contributed by atoms with E-state index in [1.165, 1.54) is 0 Å². The quantitative estimate of drug-likeness (QED) is 0.620. The molecule has 2 aromatic rings.